The van der Waals surface area contributed by atoms with E-state index in [0.29, 0.717) is 12.5 Å². The second-order valence-electron chi connectivity index (χ2n) is 7.24. The van der Waals surface area contributed by atoms with Crippen LogP contribution in [-0.4, -0.2) is 31.1 Å². The van der Waals surface area contributed by atoms with E-state index in [1.54, 1.807) is 0 Å². The normalized spacial score (nSPS) is 21.2. The molecule has 4 rings (SSSR count). The molecular weight excluding hydrogens is 342 g/mol. The summed E-state index contributed by atoms with van der Waals surface area (Å²) < 4.78 is 6.41. The molecule has 0 amide bonds. The molecule has 134 valence electrons. The fourth-order valence-corrected chi connectivity index (χ4v) is 3.99. The van der Waals surface area contributed by atoms with Gasteiger partial charge in [-0.05, 0) is 60.1 Å². The Bertz CT molecular complexity index is 877. The molecule has 0 aromatic heterocycles. The Morgan fingerprint density at radius 2 is 1.77 bits per heavy atom. The summed E-state index contributed by atoms with van der Waals surface area (Å²) in [7, 11) is 2.17. The van der Waals surface area contributed by atoms with Crippen LogP contribution in [0.2, 0.25) is 5.02 Å². The van der Waals surface area contributed by atoms with Crippen molar-refractivity contribution in [1.29, 1.82) is 0 Å². The molecule has 3 aromatic carbocycles. The zero-order chi connectivity index (χ0) is 17.9. The highest BCUT2D eigenvalue weighted by Crippen LogP contribution is 2.31. The van der Waals surface area contributed by atoms with Crippen molar-refractivity contribution in [3.8, 4) is 0 Å². The lowest BCUT2D eigenvalue weighted by Crippen LogP contribution is -2.42. The van der Waals surface area contributed by atoms with Gasteiger partial charge in [-0.3, -0.25) is 0 Å². The molecule has 2 nitrogen and oxygen atoms in total. The summed E-state index contributed by atoms with van der Waals surface area (Å²) in [5.41, 5.74) is 2.55. The minimum atomic E-state index is 0.196. The molecule has 1 saturated heterocycles. The Balaban J connectivity index is 1.50. The Kier molecular flexibility index (Phi) is 5.26. The third-order valence-electron chi connectivity index (χ3n) is 5.34. The van der Waals surface area contributed by atoms with Crippen LogP contribution in [0.25, 0.3) is 10.8 Å². The predicted octanol–water partition coefficient (Wildman–Crippen LogP) is 5.50. The average Bonchev–Trinajstić information content (AvgIpc) is 2.67. The second kappa shape index (κ2) is 7.79. The topological polar surface area (TPSA) is 12.5 Å². The fraction of sp³-hybridized carbons (Fsp3) is 0.304. The molecule has 1 aliphatic rings. The van der Waals surface area contributed by atoms with Gasteiger partial charge in [0.1, 0.15) is 0 Å². The summed E-state index contributed by atoms with van der Waals surface area (Å²) in [6, 6.07) is 23.3. The second-order valence-corrected chi connectivity index (χ2v) is 7.68. The van der Waals surface area contributed by atoms with Crippen molar-refractivity contribution in [3.05, 3.63) is 82.9 Å². The molecular formula is C23H24ClNO. The lowest BCUT2D eigenvalue weighted by molar-refractivity contribution is -0.0182. The van der Waals surface area contributed by atoms with Gasteiger partial charge >= 0.3 is 0 Å². The van der Waals surface area contributed by atoms with Crippen LogP contribution in [0.3, 0.4) is 0 Å². The molecule has 0 bridgehead atoms. The monoisotopic (exact) mass is 365 g/mol. The summed E-state index contributed by atoms with van der Waals surface area (Å²) in [5, 5.41) is 3.33. The van der Waals surface area contributed by atoms with E-state index in [0.717, 1.165) is 24.5 Å². The number of hydrogen-bond donors (Lipinski definition) is 0. The van der Waals surface area contributed by atoms with Gasteiger partial charge in [0.05, 0.1) is 12.7 Å². The smallest absolute Gasteiger partial charge is 0.0775 e. The van der Waals surface area contributed by atoms with Gasteiger partial charge in [-0.15, -0.1) is 0 Å². The van der Waals surface area contributed by atoms with Gasteiger partial charge in [0, 0.05) is 17.5 Å². The minimum Gasteiger partial charge on any atom is -0.372 e. The first kappa shape index (κ1) is 17.5. The third-order valence-corrected chi connectivity index (χ3v) is 5.59. The van der Waals surface area contributed by atoms with Gasteiger partial charge in [-0.1, -0.05) is 60.1 Å². The lowest BCUT2D eigenvalue weighted by Gasteiger charge is -2.37. The van der Waals surface area contributed by atoms with Gasteiger partial charge in [-0.25, -0.2) is 0 Å². The van der Waals surface area contributed by atoms with Crippen LogP contribution in [-0.2, 0) is 11.3 Å². The summed E-state index contributed by atoms with van der Waals surface area (Å²) in [4.78, 5) is 2.36. The predicted molar refractivity (Wildman–Crippen MR) is 109 cm³/mol. The van der Waals surface area contributed by atoms with E-state index < -0.39 is 0 Å². The number of likely N-dealkylation sites (tertiary alicyclic amines) is 1. The standard InChI is InChI=1S/C23H24ClNO/c1-25-13-12-22(19-8-10-21(24)11-9-19)23(15-25)26-16-17-6-7-18-4-2-3-5-20(18)14-17/h2-11,14,22-23H,12-13,15-16H2,1H3. The zero-order valence-electron chi connectivity index (χ0n) is 15.1. The van der Waals surface area contributed by atoms with Crippen LogP contribution in [0.15, 0.2) is 66.7 Å². The highest BCUT2D eigenvalue weighted by atomic mass is 35.5. The van der Waals surface area contributed by atoms with E-state index in [2.05, 4.69) is 66.5 Å². The fourth-order valence-electron chi connectivity index (χ4n) is 3.86. The van der Waals surface area contributed by atoms with Crippen molar-refractivity contribution in [2.24, 2.45) is 0 Å². The number of hydrogen-bond acceptors (Lipinski definition) is 2. The molecule has 0 aliphatic carbocycles. The first-order valence-electron chi connectivity index (χ1n) is 9.22. The Morgan fingerprint density at radius 1 is 1.00 bits per heavy atom. The maximum absolute atomic E-state index is 6.41. The van der Waals surface area contributed by atoms with Crippen molar-refractivity contribution >= 4 is 22.4 Å². The minimum absolute atomic E-state index is 0.196. The average molecular weight is 366 g/mol. The van der Waals surface area contributed by atoms with E-state index >= 15 is 0 Å². The van der Waals surface area contributed by atoms with Gasteiger partial charge < -0.3 is 9.64 Å². The summed E-state index contributed by atoms with van der Waals surface area (Å²) in [6.07, 6.45) is 1.31. The van der Waals surface area contributed by atoms with Crippen molar-refractivity contribution in [2.75, 3.05) is 20.1 Å². The molecule has 1 aliphatic heterocycles. The van der Waals surface area contributed by atoms with Crippen LogP contribution < -0.4 is 0 Å². The quantitative estimate of drug-likeness (QED) is 0.605. The maximum Gasteiger partial charge on any atom is 0.0775 e. The van der Waals surface area contributed by atoms with E-state index in [1.165, 1.54) is 21.9 Å². The van der Waals surface area contributed by atoms with Gasteiger partial charge in [-0.2, -0.15) is 0 Å². The highest BCUT2D eigenvalue weighted by Gasteiger charge is 2.29. The van der Waals surface area contributed by atoms with Crippen LogP contribution >= 0.6 is 11.6 Å². The number of likely N-dealkylation sites (N-methyl/N-ethyl adjacent to an activating group) is 1. The van der Waals surface area contributed by atoms with Crippen molar-refractivity contribution in [1.82, 2.24) is 4.90 Å². The molecule has 0 radical (unpaired) electrons. The number of piperidine rings is 1. The molecule has 26 heavy (non-hydrogen) atoms. The first-order chi connectivity index (χ1) is 12.7. The van der Waals surface area contributed by atoms with Crippen molar-refractivity contribution in [2.45, 2.75) is 25.0 Å². The zero-order valence-corrected chi connectivity index (χ0v) is 15.8. The molecule has 0 saturated carbocycles. The Hall–Kier alpha value is -1.87. The largest absolute Gasteiger partial charge is 0.372 e. The summed E-state index contributed by atoms with van der Waals surface area (Å²) >= 11 is 6.06. The molecule has 0 spiro atoms. The molecule has 3 aromatic rings. The molecule has 0 N–H and O–H groups in total. The SMILES string of the molecule is CN1CCC(c2ccc(Cl)cc2)C(OCc2ccc3ccccc3c2)C1. The summed E-state index contributed by atoms with van der Waals surface area (Å²) in [5.74, 6) is 0.420. The van der Waals surface area contributed by atoms with Crippen LogP contribution in [0, 0.1) is 0 Å². The number of halogens is 1. The van der Waals surface area contributed by atoms with Gasteiger partial charge in [0.25, 0.3) is 0 Å². The Labute approximate surface area is 160 Å². The third kappa shape index (κ3) is 3.93. The Morgan fingerprint density at radius 3 is 2.58 bits per heavy atom. The highest BCUT2D eigenvalue weighted by molar-refractivity contribution is 6.30. The number of nitrogens with zero attached hydrogens (tertiary/aromatic N) is 1. The number of ether oxygens (including phenoxy) is 1. The molecule has 3 heteroatoms. The van der Waals surface area contributed by atoms with Crippen LogP contribution in [0.5, 0.6) is 0 Å². The van der Waals surface area contributed by atoms with E-state index in [4.69, 9.17) is 16.3 Å². The van der Waals surface area contributed by atoms with Gasteiger partial charge in [0.15, 0.2) is 0 Å². The number of fused-ring (bicyclic) bond motifs is 1. The van der Waals surface area contributed by atoms with E-state index in [-0.39, 0.29) is 6.10 Å². The van der Waals surface area contributed by atoms with Gasteiger partial charge in [0.2, 0.25) is 0 Å². The molecule has 2 unspecified atom stereocenters. The van der Waals surface area contributed by atoms with E-state index in [1.807, 2.05) is 12.1 Å². The molecule has 2 atom stereocenters. The number of benzene rings is 3. The first-order valence-corrected chi connectivity index (χ1v) is 9.60. The van der Waals surface area contributed by atoms with E-state index in [9.17, 15) is 0 Å². The number of rotatable bonds is 4. The van der Waals surface area contributed by atoms with Crippen molar-refractivity contribution in [3.63, 3.8) is 0 Å². The molecule has 1 heterocycles. The summed E-state index contributed by atoms with van der Waals surface area (Å²) in [6.45, 7) is 2.71. The van der Waals surface area contributed by atoms with Crippen LogP contribution in [0.1, 0.15) is 23.5 Å². The maximum atomic E-state index is 6.41. The lowest BCUT2D eigenvalue weighted by atomic mass is 9.87. The van der Waals surface area contributed by atoms with Crippen molar-refractivity contribution < 1.29 is 4.74 Å². The molecule has 1 fully saturated rings. The van der Waals surface area contributed by atoms with Crippen LogP contribution in [0.4, 0.5) is 0 Å².